The molecule has 0 aromatic heterocycles. The fourth-order valence-corrected chi connectivity index (χ4v) is 0. The lowest BCUT2D eigenvalue weighted by Gasteiger charge is -1.82. The summed E-state index contributed by atoms with van der Waals surface area (Å²) < 4.78 is 0. The molecule has 0 amide bonds. The summed E-state index contributed by atoms with van der Waals surface area (Å²) in [6, 6.07) is 0. The number of hydrogen-bond acceptors (Lipinski definition) is 1. The fraction of sp³-hybridized carbons (Fsp3) is 0.667. The molecular formula is C3H9NSi. The monoisotopic (exact) mass is 87.1 g/mol. The van der Waals surface area contributed by atoms with Crippen LogP contribution in [0.5, 0.6) is 0 Å². The van der Waals surface area contributed by atoms with E-state index < -0.39 is 0 Å². The molecular weight excluding hydrogens is 78.1 g/mol. The van der Waals surface area contributed by atoms with E-state index in [2.05, 4.69) is 0 Å². The molecule has 0 rings (SSSR count). The van der Waals surface area contributed by atoms with Crippen molar-refractivity contribution in [1.29, 1.82) is 0 Å². The highest BCUT2D eigenvalue weighted by Gasteiger charge is 1.67. The molecule has 1 nitrogen and oxygen atoms in total. The van der Waals surface area contributed by atoms with E-state index in [4.69, 9.17) is 5.73 Å². The minimum atomic E-state index is 1.01. The highest BCUT2D eigenvalue weighted by Crippen LogP contribution is 1.62. The molecule has 0 heterocycles. The normalized spacial score (nSPS) is 7.40. The van der Waals surface area contributed by atoms with Crippen LogP contribution in [0.4, 0.5) is 0 Å². The van der Waals surface area contributed by atoms with Gasteiger partial charge in [-0.15, -0.1) is 0 Å². The Bertz CT molecular complexity index is 42.2. The van der Waals surface area contributed by atoms with E-state index >= 15 is 0 Å². The predicted octanol–water partition coefficient (Wildman–Crippen LogP) is -0.882. The molecule has 0 spiro atoms. The van der Waals surface area contributed by atoms with Crippen LogP contribution in [0.25, 0.3) is 0 Å². The molecule has 0 aromatic rings. The summed E-state index contributed by atoms with van der Waals surface area (Å²) in [4.78, 5) is 0. The van der Waals surface area contributed by atoms with E-state index in [1.165, 1.54) is 0 Å². The Labute approximate surface area is 35.2 Å². The van der Waals surface area contributed by atoms with Gasteiger partial charge in [0.2, 0.25) is 0 Å². The highest BCUT2D eigenvalue weighted by molar-refractivity contribution is 6.36. The van der Waals surface area contributed by atoms with Crippen LogP contribution in [0.3, 0.4) is 0 Å². The van der Waals surface area contributed by atoms with Crippen molar-refractivity contribution in [3.63, 3.8) is 0 Å². The van der Waals surface area contributed by atoms with Gasteiger partial charge in [0, 0.05) is 9.85 Å². The van der Waals surface area contributed by atoms with Crippen LogP contribution in [-0.2, 0) is 0 Å². The molecule has 5 heavy (non-hydrogen) atoms. The summed E-state index contributed by atoms with van der Waals surface area (Å²) >= 11 is 0. The largest absolute Gasteiger partial charge is 0.407 e. The van der Waals surface area contributed by atoms with E-state index in [0.717, 1.165) is 11.7 Å². The molecule has 0 fully saturated rings. The first-order chi connectivity index (χ1) is 2.27. The summed E-state index contributed by atoms with van der Waals surface area (Å²) in [7, 11) is 1.75. The van der Waals surface area contributed by atoms with Crippen molar-refractivity contribution in [2.24, 2.45) is 5.73 Å². The third-order valence-electron chi connectivity index (χ3n) is 0.454. The topological polar surface area (TPSA) is 26.0 Å². The minimum absolute atomic E-state index is 1.01. The quantitative estimate of drug-likeness (QED) is 0.413. The summed E-state index contributed by atoms with van der Waals surface area (Å²) in [5.74, 6) is 0. The summed E-state index contributed by atoms with van der Waals surface area (Å²) in [6.07, 6.45) is 1.01. The van der Waals surface area contributed by atoms with Gasteiger partial charge in [0.15, 0.2) is 0 Å². The average Bonchev–Trinajstić information content (AvgIpc) is 1.38. The zero-order chi connectivity index (χ0) is 4.28. The van der Waals surface area contributed by atoms with Crippen LogP contribution in [0.15, 0.2) is 0 Å². The van der Waals surface area contributed by atoms with Crippen LogP contribution in [0.2, 0.25) is 0 Å². The Kier molecular flexibility index (Phi) is 2.10. The van der Waals surface area contributed by atoms with Gasteiger partial charge in [0.25, 0.3) is 0 Å². The summed E-state index contributed by atoms with van der Waals surface area (Å²) in [5, 5.41) is 1.03. The lowest BCUT2D eigenvalue weighted by Crippen LogP contribution is -2.08. The number of hydrogen-bond donors (Lipinski definition) is 1. The first-order valence-corrected chi connectivity index (χ1v) is 2.41. The summed E-state index contributed by atoms with van der Waals surface area (Å²) in [5.41, 5.74) is 5.22. The van der Waals surface area contributed by atoms with Gasteiger partial charge in [0.1, 0.15) is 0 Å². The first-order valence-electron chi connectivity index (χ1n) is 1.70. The van der Waals surface area contributed by atoms with Gasteiger partial charge in [-0.3, -0.25) is 0 Å². The van der Waals surface area contributed by atoms with Crippen molar-refractivity contribution in [2.75, 3.05) is 0 Å². The van der Waals surface area contributed by atoms with Crippen LogP contribution >= 0.6 is 0 Å². The van der Waals surface area contributed by atoms with E-state index in [9.17, 15) is 0 Å². The molecule has 2 heteroatoms. The zero-order valence-electron chi connectivity index (χ0n) is 3.49. The van der Waals surface area contributed by atoms with Crippen molar-refractivity contribution in [2.45, 2.75) is 13.3 Å². The predicted molar refractivity (Wildman–Crippen MR) is 28.0 cm³/mol. The lowest BCUT2D eigenvalue weighted by molar-refractivity contribution is 1.29. The van der Waals surface area contributed by atoms with Gasteiger partial charge < -0.3 is 5.73 Å². The third kappa shape index (κ3) is 3.89. The molecule has 0 saturated carbocycles. The number of nitrogens with two attached hydrogens (primary N) is 1. The van der Waals surface area contributed by atoms with Gasteiger partial charge in [-0.25, -0.2) is 0 Å². The second kappa shape index (κ2) is 2.14. The zero-order valence-corrected chi connectivity index (χ0v) is 4.91. The Morgan fingerprint density at radius 3 is 2.20 bits per heavy atom. The van der Waals surface area contributed by atoms with E-state index in [1.54, 1.807) is 9.85 Å². The van der Waals surface area contributed by atoms with Gasteiger partial charge >= 0.3 is 0 Å². The number of rotatable bonds is 1. The van der Waals surface area contributed by atoms with Gasteiger partial charge in [0.05, 0.1) is 0 Å². The molecule has 0 saturated heterocycles. The van der Waals surface area contributed by atoms with Crippen LogP contribution in [0, 0.1) is 0 Å². The van der Waals surface area contributed by atoms with Crippen molar-refractivity contribution in [3.8, 4) is 0 Å². The Morgan fingerprint density at radius 1 is 2.00 bits per heavy atom. The standard InChI is InChI=1S/C3H9NSi/c1-2-3(4)5/h2,4-5H2,1H3. The molecule has 30 valence electrons. The fourth-order valence-electron chi connectivity index (χ4n) is 0. The molecule has 0 aliphatic rings. The molecule has 2 N–H and O–H groups in total. The smallest absolute Gasteiger partial charge is 0.00128 e. The van der Waals surface area contributed by atoms with Gasteiger partial charge in [-0.1, -0.05) is 6.92 Å². The minimum Gasteiger partial charge on any atom is -0.407 e. The maximum Gasteiger partial charge on any atom is 0.00128 e. The third-order valence-corrected chi connectivity index (χ3v) is 0.954. The Hall–Kier alpha value is -0.113. The lowest BCUT2D eigenvalue weighted by atomic mass is 10.5. The van der Waals surface area contributed by atoms with E-state index in [-0.39, 0.29) is 0 Å². The van der Waals surface area contributed by atoms with E-state index in [0.29, 0.717) is 0 Å². The Morgan fingerprint density at radius 2 is 2.20 bits per heavy atom. The first kappa shape index (κ1) is 4.89. The van der Waals surface area contributed by atoms with Gasteiger partial charge in [-0.2, -0.15) is 0 Å². The second-order valence-electron chi connectivity index (χ2n) is 1.01. The van der Waals surface area contributed by atoms with Crippen LogP contribution in [0.1, 0.15) is 13.3 Å². The summed E-state index contributed by atoms with van der Waals surface area (Å²) in [6.45, 7) is 2.04. The van der Waals surface area contributed by atoms with Gasteiger partial charge in [-0.05, 0) is 11.7 Å². The van der Waals surface area contributed by atoms with Crippen LogP contribution < -0.4 is 5.73 Å². The molecule has 0 unspecified atom stereocenters. The molecule has 0 aliphatic heterocycles. The molecule has 0 atom stereocenters. The molecule has 0 aliphatic carbocycles. The molecule has 0 radical (unpaired) electrons. The van der Waals surface area contributed by atoms with Crippen molar-refractivity contribution in [1.82, 2.24) is 0 Å². The SMILES string of the molecule is CCC(N)=[SiH2]. The van der Waals surface area contributed by atoms with Crippen molar-refractivity contribution in [3.05, 3.63) is 0 Å². The van der Waals surface area contributed by atoms with E-state index in [1.807, 2.05) is 6.92 Å². The van der Waals surface area contributed by atoms with Crippen molar-refractivity contribution < 1.29 is 0 Å². The van der Waals surface area contributed by atoms with Crippen molar-refractivity contribution >= 4 is 15.1 Å². The molecule has 0 aromatic carbocycles. The molecule has 0 bridgehead atoms. The second-order valence-corrected chi connectivity index (χ2v) is 1.92. The van der Waals surface area contributed by atoms with Crippen LogP contribution in [-0.4, -0.2) is 15.1 Å². The maximum atomic E-state index is 5.22. The highest BCUT2D eigenvalue weighted by atomic mass is 28.1. The average molecular weight is 87.2 g/mol. The maximum absolute atomic E-state index is 5.22. The Balaban J connectivity index is 2.85.